The maximum Gasteiger partial charge on any atom is 0.345 e. The summed E-state index contributed by atoms with van der Waals surface area (Å²) in [7, 11) is 1.67. The lowest BCUT2D eigenvalue weighted by Gasteiger charge is -1.94. The zero-order valence-electron chi connectivity index (χ0n) is 6.53. The van der Waals surface area contributed by atoms with Crippen LogP contribution in [0.5, 0.6) is 0 Å². The van der Waals surface area contributed by atoms with Crippen LogP contribution in [0, 0.1) is 0 Å². The molecular formula is C6H12N4O. The molecule has 0 unspecified atom stereocenters. The van der Waals surface area contributed by atoms with E-state index < -0.39 is 0 Å². The van der Waals surface area contributed by atoms with E-state index in [1.807, 2.05) is 0 Å². The zero-order chi connectivity index (χ0) is 8.27. The molecule has 2 N–H and O–H groups in total. The summed E-state index contributed by atoms with van der Waals surface area (Å²) in [5.74, 6) is 0. The van der Waals surface area contributed by atoms with Gasteiger partial charge in [0.1, 0.15) is 6.33 Å². The van der Waals surface area contributed by atoms with Crippen molar-refractivity contribution < 1.29 is 0 Å². The van der Waals surface area contributed by atoms with Gasteiger partial charge in [-0.1, -0.05) is 0 Å². The molecule has 62 valence electrons. The first-order chi connectivity index (χ1) is 5.25. The monoisotopic (exact) mass is 156 g/mol. The summed E-state index contributed by atoms with van der Waals surface area (Å²) < 4.78 is 2.85. The fourth-order valence-corrected chi connectivity index (χ4v) is 0.815. The molecule has 1 aromatic heterocycles. The lowest BCUT2D eigenvalue weighted by atomic mass is 10.4. The van der Waals surface area contributed by atoms with Crippen molar-refractivity contribution >= 4 is 0 Å². The molecule has 0 aromatic carbocycles. The van der Waals surface area contributed by atoms with Crippen LogP contribution in [0.2, 0.25) is 0 Å². The number of rotatable bonds is 3. The molecule has 1 aromatic rings. The molecule has 11 heavy (non-hydrogen) atoms. The molecule has 0 amide bonds. The smallest absolute Gasteiger partial charge is 0.330 e. The topological polar surface area (TPSA) is 65.8 Å². The van der Waals surface area contributed by atoms with E-state index in [-0.39, 0.29) is 5.69 Å². The normalized spacial score (nSPS) is 10.4. The molecule has 1 heterocycles. The number of aromatic nitrogens is 3. The first-order valence-electron chi connectivity index (χ1n) is 3.54. The molecule has 0 aliphatic rings. The van der Waals surface area contributed by atoms with Gasteiger partial charge in [-0.05, 0) is 13.0 Å². The second-order valence-corrected chi connectivity index (χ2v) is 2.39. The maximum absolute atomic E-state index is 11.1. The van der Waals surface area contributed by atoms with E-state index >= 15 is 0 Å². The summed E-state index contributed by atoms with van der Waals surface area (Å²) in [6.07, 6.45) is 2.29. The molecule has 0 aliphatic carbocycles. The molecule has 0 radical (unpaired) electrons. The van der Waals surface area contributed by atoms with Crippen LogP contribution in [-0.2, 0) is 13.6 Å². The maximum atomic E-state index is 11.1. The highest BCUT2D eigenvalue weighted by molar-refractivity contribution is 4.64. The van der Waals surface area contributed by atoms with Gasteiger partial charge in [-0.2, -0.15) is 5.10 Å². The van der Waals surface area contributed by atoms with Crippen LogP contribution < -0.4 is 11.4 Å². The van der Waals surface area contributed by atoms with Gasteiger partial charge in [0.15, 0.2) is 0 Å². The lowest BCUT2D eigenvalue weighted by molar-refractivity contribution is 0.560. The molecule has 5 heteroatoms. The molecule has 0 spiro atoms. The fraction of sp³-hybridized carbons (Fsp3) is 0.667. The van der Waals surface area contributed by atoms with Crippen molar-refractivity contribution in [3.8, 4) is 0 Å². The van der Waals surface area contributed by atoms with E-state index in [1.165, 1.54) is 15.6 Å². The average Bonchev–Trinajstić information content (AvgIpc) is 2.31. The zero-order valence-corrected chi connectivity index (χ0v) is 6.53. The van der Waals surface area contributed by atoms with Gasteiger partial charge in [0, 0.05) is 13.6 Å². The van der Waals surface area contributed by atoms with Crippen molar-refractivity contribution in [1.82, 2.24) is 14.3 Å². The Labute approximate surface area is 64.4 Å². The molecule has 0 fully saturated rings. The minimum absolute atomic E-state index is 0.0848. The van der Waals surface area contributed by atoms with Crippen LogP contribution in [-0.4, -0.2) is 20.9 Å². The quantitative estimate of drug-likeness (QED) is 0.606. The third-order valence-electron chi connectivity index (χ3n) is 1.46. The predicted octanol–water partition coefficient (Wildman–Crippen LogP) is -1.07. The van der Waals surface area contributed by atoms with E-state index in [9.17, 15) is 4.79 Å². The summed E-state index contributed by atoms with van der Waals surface area (Å²) in [6, 6.07) is 0. The minimum Gasteiger partial charge on any atom is -0.330 e. The second kappa shape index (κ2) is 3.34. The minimum atomic E-state index is -0.0848. The van der Waals surface area contributed by atoms with Gasteiger partial charge >= 0.3 is 5.69 Å². The summed E-state index contributed by atoms with van der Waals surface area (Å²) in [5, 5.41) is 3.86. The molecule has 0 saturated carbocycles. The van der Waals surface area contributed by atoms with Crippen molar-refractivity contribution in [3.05, 3.63) is 16.8 Å². The third-order valence-corrected chi connectivity index (χ3v) is 1.46. The summed E-state index contributed by atoms with van der Waals surface area (Å²) >= 11 is 0. The second-order valence-electron chi connectivity index (χ2n) is 2.39. The highest BCUT2D eigenvalue weighted by Gasteiger charge is 1.98. The van der Waals surface area contributed by atoms with E-state index in [0.717, 1.165) is 6.42 Å². The van der Waals surface area contributed by atoms with E-state index in [1.54, 1.807) is 7.05 Å². The van der Waals surface area contributed by atoms with Crippen molar-refractivity contribution in [2.24, 2.45) is 12.8 Å². The molecule has 0 aliphatic heterocycles. The Kier molecular flexibility index (Phi) is 2.43. The Morgan fingerprint density at radius 2 is 2.45 bits per heavy atom. The number of aryl methyl sites for hydroxylation is 2. The van der Waals surface area contributed by atoms with Crippen molar-refractivity contribution in [2.45, 2.75) is 13.0 Å². The SMILES string of the molecule is Cn1cnn(CCCN)c1=O. The Bertz CT molecular complexity index is 274. The van der Waals surface area contributed by atoms with Crippen molar-refractivity contribution in [2.75, 3.05) is 6.54 Å². The Balaban J connectivity index is 2.71. The molecule has 1 rings (SSSR count). The first kappa shape index (κ1) is 8.00. The summed E-state index contributed by atoms with van der Waals surface area (Å²) in [4.78, 5) is 11.1. The molecule has 0 bridgehead atoms. The van der Waals surface area contributed by atoms with Gasteiger partial charge in [-0.25, -0.2) is 9.48 Å². The van der Waals surface area contributed by atoms with Crippen LogP contribution in [0.4, 0.5) is 0 Å². The van der Waals surface area contributed by atoms with Crippen LogP contribution >= 0.6 is 0 Å². The largest absolute Gasteiger partial charge is 0.345 e. The summed E-state index contributed by atoms with van der Waals surface area (Å²) in [6.45, 7) is 1.19. The standard InChI is InChI=1S/C6H12N4O/c1-9-5-8-10(6(9)11)4-2-3-7/h5H,2-4,7H2,1H3. The van der Waals surface area contributed by atoms with Crippen LogP contribution in [0.25, 0.3) is 0 Å². The van der Waals surface area contributed by atoms with Crippen molar-refractivity contribution in [3.63, 3.8) is 0 Å². The van der Waals surface area contributed by atoms with Crippen LogP contribution in [0.15, 0.2) is 11.1 Å². The van der Waals surface area contributed by atoms with Crippen LogP contribution in [0.1, 0.15) is 6.42 Å². The Morgan fingerprint density at radius 3 is 2.91 bits per heavy atom. The Hall–Kier alpha value is -1.10. The average molecular weight is 156 g/mol. The number of hydrogen-bond acceptors (Lipinski definition) is 3. The molecule has 0 saturated heterocycles. The number of hydrogen-bond donors (Lipinski definition) is 1. The van der Waals surface area contributed by atoms with Gasteiger partial charge in [0.25, 0.3) is 0 Å². The van der Waals surface area contributed by atoms with Gasteiger partial charge in [0.05, 0.1) is 0 Å². The van der Waals surface area contributed by atoms with Gasteiger partial charge in [-0.3, -0.25) is 4.57 Å². The highest BCUT2D eigenvalue weighted by atomic mass is 16.2. The van der Waals surface area contributed by atoms with Crippen molar-refractivity contribution in [1.29, 1.82) is 0 Å². The highest BCUT2D eigenvalue weighted by Crippen LogP contribution is 1.80. The number of nitrogens with two attached hydrogens (primary N) is 1. The molecular weight excluding hydrogens is 144 g/mol. The third kappa shape index (κ3) is 1.68. The van der Waals surface area contributed by atoms with E-state index in [4.69, 9.17) is 5.73 Å². The number of nitrogens with zero attached hydrogens (tertiary/aromatic N) is 3. The summed E-state index contributed by atoms with van der Waals surface area (Å²) in [5.41, 5.74) is 5.20. The van der Waals surface area contributed by atoms with E-state index in [0.29, 0.717) is 13.1 Å². The van der Waals surface area contributed by atoms with Gasteiger partial charge < -0.3 is 5.73 Å². The van der Waals surface area contributed by atoms with Gasteiger partial charge in [-0.15, -0.1) is 0 Å². The van der Waals surface area contributed by atoms with E-state index in [2.05, 4.69) is 5.10 Å². The lowest BCUT2D eigenvalue weighted by Crippen LogP contribution is -2.23. The predicted molar refractivity (Wildman–Crippen MR) is 41.1 cm³/mol. The van der Waals surface area contributed by atoms with Crippen LogP contribution in [0.3, 0.4) is 0 Å². The Morgan fingerprint density at radius 1 is 1.73 bits per heavy atom. The molecule has 5 nitrogen and oxygen atoms in total. The first-order valence-corrected chi connectivity index (χ1v) is 3.54. The van der Waals surface area contributed by atoms with Gasteiger partial charge in [0.2, 0.25) is 0 Å². The molecule has 0 atom stereocenters. The fourth-order valence-electron chi connectivity index (χ4n) is 0.815.